The average Bonchev–Trinajstić information content (AvgIpc) is 3.34. The first kappa shape index (κ1) is 65.4. The lowest BCUT2D eigenvalue weighted by Gasteiger charge is -2.18. The molecule has 0 fully saturated rings. The van der Waals surface area contributed by atoms with Crippen LogP contribution < -0.4 is 0 Å². The molecule has 0 aromatic rings. The van der Waals surface area contributed by atoms with E-state index in [-0.39, 0.29) is 31.1 Å². The minimum absolute atomic E-state index is 0.0776. The first-order valence-corrected chi connectivity index (χ1v) is 29.6. The number of rotatable bonds is 54. The summed E-state index contributed by atoms with van der Waals surface area (Å²) >= 11 is 0. The highest BCUT2D eigenvalue weighted by molar-refractivity contribution is 5.71. The predicted octanol–water partition coefficient (Wildman–Crippen LogP) is 19.8. The molecule has 68 heavy (non-hydrogen) atoms. The summed E-state index contributed by atoms with van der Waals surface area (Å²) in [5.41, 5.74) is 0. The Morgan fingerprint density at radius 3 is 0.868 bits per heavy atom. The molecule has 0 saturated heterocycles. The molecule has 0 bridgehead atoms. The SMILES string of the molecule is CCCC/C=C\CCCCCCCC(=O)OCC(COC(=O)CCCCCCCCCCCCCCC/C=C\C/C=C\CCCCCCC)OC(=O)CCCCCCC/C=C\CCCCCCC. The van der Waals surface area contributed by atoms with E-state index < -0.39 is 6.10 Å². The molecule has 0 amide bonds. The largest absolute Gasteiger partial charge is 0.462 e. The van der Waals surface area contributed by atoms with Crippen LogP contribution in [0.4, 0.5) is 0 Å². The van der Waals surface area contributed by atoms with Crippen molar-refractivity contribution in [3.8, 4) is 0 Å². The second kappa shape index (κ2) is 57.0. The van der Waals surface area contributed by atoms with E-state index in [4.69, 9.17) is 14.2 Å². The molecular weight excluding hydrogens is 841 g/mol. The van der Waals surface area contributed by atoms with Crippen molar-refractivity contribution in [1.29, 1.82) is 0 Å². The lowest BCUT2D eigenvalue weighted by Crippen LogP contribution is -2.30. The van der Waals surface area contributed by atoms with Crippen molar-refractivity contribution in [2.24, 2.45) is 0 Å². The smallest absolute Gasteiger partial charge is 0.306 e. The van der Waals surface area contributed by atoms with Gasteiger partial charge in [-0.1, -0.05) is 243 Å². The molecule has 0 N–H and O–H groups in total. The second-order valence-electron chi connectivity index (χ2n) is 19.9. The Bertz CT molecular complexity index is 1190. The van der Waals surface area contributed by atoms with E-state index in [1.165, 1.54) is 186 Å². The molecule has 0 radical (unpaired) electrons. The molecule has 0 aliphatic rings. The van der Waals surface area contributed by atoms with Crippen LogP contribution in [-0.4, -0.2) is 37.2 Å². The first-order valence-electron chi connectivity index (χ1n) is 29.6. The molecule has 0 aromatic carbocycles. The van der Waals surface area contributed by atoms with Gasteiger partial charge in [0.2, 0.25) is 0 Å². The predicted molar refractivity (Wildman–Crippen MR) is 293 cm³/mol. The topological polar surface area (TPSA) is 78.9 Å². The maximum absolute atomic E-state index is 12.8. The van der Waals surface area contributed by atoms with E-state index in [1.54, 1.807) is 0 Å². The van der Waals surface area contributed by atoms with Crippen molar-refractivity contribution >= 4 is 17.9 Å². The van der Waals surface area contributed by atoms with Crippen LogP contribution in [0.3, 0.4) is 0 Å². The molecule has 1 unspecified atom stereocenters. The fourth-order valence-corrected chi connectivity index (χ4v) is 8.51. The molecule has 0 spiro atoms. The minimum Gasteiger partial charge on any atom is -0.462 e. The Kier molecular flexibility index (Phi) is 54.8. The molecular formula is C62H112O6. The van der Waals surface area contributed by atoms with Crippen molar-refractivity contribution in [3.63, 3.8) is 0 Å². The summed E-state index contributed by atoms with van der Waals surface area (Å²) in [6.07, 6.45) is 69.7. The van der Waals surface area contributed by atoms with Gasteiger partial charge >= 0.3 is 17.9 Å². The van der Waals surface area contributed by atoms with Gasteiger partial charge in [0.05, 0.1) is 0 Å². The van der Waals surface area contributed by atoms with Gasteiger partial charge in [-0.25, -0.2) is 0 Å². The highest BCUT2D eigenvalue weighted by Gasteiger charge is 2.19. The Labute approximate surface area is 422 Å². The molecule has 0 aliphatic heterocycles. The van der Waals surface area contributed by atoms with Gasteiger partial charge in [-0.3, -0.25) is 14.4 Å². The van der Waals surface area contributed by atoms with E-state index in [0.29, 0.717) is 19.3 Å². The minimum atomic E-state index is -0.779. The Hall–Kier alpha value is -2.63. The van der Waals surface area contributed by atoms with Crippen molar-refractivity contribution in [3.05, 3.63) is 48.6 Å². The van der Waals surface area contributed by atoms with E-state index in [2.05, 4.69) is 69.4 Å². The summed E-state index contributed by atoms with van der Waals surface area (Å²) in [5.74, 6) is -0.885. The molecule has 0 rings (SSSR count). The zero-order chi connectivity index (χ0) is 49.3. The number of carbonyl (C=O) groups excluding carboxylic acids is 3. The van der Waals surface area contributed by atoms with Crippen LogP contribution in [0.1, 0.15) is 310 Å². The molecule has 0 aromatic heterocycles. The molecule has 0 aliphatic carbocycles. The van der Waals surface area contributed by atoms with Crippen LogP contribution >= 0.6 is 0 Å². The highest BCUT2D eigenvalue weighted by Crippen LogP contribution is 2.16. The van der Waals surface area contributed by atoms with Crippen LogP contribution in [0.5, 0.6) is 0 Å². The van der Waals surface area contributed by atoms with Crippen LogP contribution in [0.25, 0.3) is 0 Å². The van der Waals surface area contributed by atoms with Crippen LogP contribution in [0.2, 0.25) is 0 Å². The van der Waals surface area contributed by atoms with Gasteiger partial charge in [-0.2, -0.15) is 0 Å². The number of ether oxygens (including phenoxy) is 3. The highest BCUT2D eigenvalue weighted by atomic mass is 16.6. The van der Waals surface area contributed by atoms with Gasteiger partial charge < -0.3 is 14.2 Å². The summed E-state index contributed by atoms with van der Waals surface area (Å²) in [4.78, 5) is 38.1. The zero-order valence-electron chi connectivity index (χ0n) is 45.4. The number of hydrogen-bond donors (Lipinski definition) is 0. The lowest BCUT2D eigenvalue weighted by molar-refractivity contribution is -0.167. The molecule has 6 heteroatoms. The molecule has 396 valence electrons. The monoisotopic (exact) mass is 953 g/mol. The number of esters is 3. The first-order chi connectivity index (χ1) is 33.5. The van der Waals surface area contributed by atoms with Crippen molar-refractivity contribution in [1.82, 2.24) is 0 Å². The molecule has 0 heterocycles. The van der Waals surface area contributed by atoms with Crippen LogP contribution in [-0.2, 0) is 28.6 Å². The summed E-state index contributed by atoms with van der Waals surface area (Å²) in [5, 5.41) is 0. The number of unbranched alkanes of at least 4 members (excludes halogenated alkanes) is 35. The molecule has 1 atom stereocenters. The number of hydrogen-bond acceptors (Lipinski definition) is 6. The van der Waals surface area contributed by atoms with Gasteiger partial charge in [0.15, 0.2) is 6.10 Å². The van der Waals surface area contributed by atoms with Crippen LogP contribution in [0.15, 0.2) is 48.6 Å². The van der Waals surface area contributed by atoms with E-state index in [9.17, 15) is 14.4 Å². The summed E-state index contributed by atoms with van der Waals surface area (Å²) < 4.78 is 16.8. The van der Waals surface area contributed by atoms with Gasteiger partial charge in [-0.05, 0) is 96.3 Å². The van der Waals surface area contributed by atoms with Gasteiger partial charge in [0, 0.05) is 19.3 Å². The fraction of sp³-hybridized carbons (Fsp3) is 0.823. The Morgan fingerprint density at radius 1 is 0.294 bits per heavy atom. The van der Waals surface area contributed by atoms with Gasteiger partial charge in [-0.15, -0.1) is 0 Å². The van der Waals surface area contributed by atoms with E-state index in [0.717, 1.165) is 83.5 Å². The second-order valence-corrected chi connectivity index (χ2v) is 19.9. The normalized spacial score (nSPS) is 12.3. The van der Waals surface area contributed by atoms with Gasteiger partial charge in [0.1, 0.15) is 13.2 Å². The quantitative estimate of drug-likeness (QED) is 0.0262. The van der Waals surface area contributed by atoms with Crippen molar-refractivity contribution in [2.45, 2.75) is 316 Å². The van der Waals surface area contributed by atoms with E-state index in [1.807, 2.05) is 0 Å². The molecule has 0 saturated carbocycles. The Balaban J connectivity index is 4.22. The molecule has 6 nitrogen and oxygen atoms in total. The third-order valence-corrected chi connectivity index (χ3v) is 13.0. The standard InChI is InChI=1S/C62H112O6/c1-4-7-10-13-16-19-22-24-26-27-28-29-30-31-32-33-34-35-36-38-40-43-46-49-52-55-61(64)67-58-59(57-66-60(63)54-51-48-45-42-39-21-18-15-12-9-6-3)68-62(65)56-53-50-47-44-41-37-25-23-20-17-14-11-8-5-2/h15,18,22-25,27-28,59H,4-14,16-17,19-21,26,29-58H2,1-3H3/b18-15-,24-22-,25-23-,28-27-. The van der Waals surface area contributed by atoms with Crippen molar-refractivity contribution in [2.75, 3.05) is 13.2 Å². The third-order valence-electron chi connectivity index (χ3n) is 13.0. The maximum Gasteiger partial charge on any atom is 0.306 e. The zero-order valence-corrected chi connectivity index (χ0v) is 45.4. The van der Waals surface area contributed by atoms with Gasteiger partial charge in [0.25, 0.3) is 0 Å². The summed E-state index contributed by atoms with van der Waals surface area (Å²) in [6.45, 7) is 6.59. The van der Waals surface area contributed by atoms with Crippen molar-refractivity contribution < 1.29 is 28.6 Å². The summed E-state index contributed by atoms with van der Waals surface area (Å²) in [6, 6.07) is 0. The maximum atomic E-state index is 12.8. The van der Waals surface area contributed by atoms with Crippen LogP contribution in [0, 0.1) is 0 Å². The van der Waals surface area contributed by atoms with E-state index >= 15 is 0 Å². The lowest BCUT2D eigenvalue weighted by atomic mass is 10.0. The third kappa shape index (κ3) is 54.3. The summed E-state index contributed by atoms with van der Waals surface area (Å²) in [7, 11) is 0. The Morgan fingerprint density at radius 2 is 0.544 bits per heavy atom. The number of allylic oxidation sites excluding steroid dienone is 8. The average molecular weight is 954 g/mol. The fourth-order valence-electron chi connectivity index (χ4n) is 8.51. The number of carbonyl (C=O) groups is 3.